The molecule has 3 heterocycles. The van der Waals surface area contributed by atoms with Gasteiger partial charge >= 0.3 is 0 Å². The molecular weight excluding hydrogens is 784 g/mol. The Morgan fingerprint density at radius 3 is 2.20 bits per heavy atom. The van der Waals surface area contributed by atoms with Gasteiger partial charge in [0.25, 0.3) is 17.7 Å². The number of nitrogens with zero attached hydrogens (tertiary/aromatic N) is 4. The van der Waals surface area contributed by atoms with Gasteiger partial charge in [-0.2, -0.15) is 5.26 Å². The largest absolute Gasteiger partial charge is 0.494 e. The minimum Gasteiger partial charge on any atom is -0.494 e. The van der Waals surface area contributed by atoms with E-state index < -0.39 is 29.7 Å². The van der Waals surface area contributed by atoms with Gasteiger partial charge in [-0.05, 0) is 101 Å². The SMILES string of the molecule is C[C@@H]1CN(c2ccc(C(=O)N[C@H]3C(C)(C)[C@H](Oc4ccc(C#N)c(Cl)c4)C3(C)C)cc2)C[C@H](C)N1CCCCCOc1ccc2c(c1)C(=O)N(C1CCC(=O)NC1=O)C2=O. The topological polar surface area (TPSA) is 161 Å². The average Bonchev–Trinajstić information content (AvgIpc) is 3.45. The third-order valence-corrected chi connectivity index (χ3v) is 13.1. The standard InChI is InChI=1S/C46H53ClN6O7/c1-27-25-51(31-13-10-29(11-14-31)39(55)50-43-45(3,4)44(46(43,5)6)60-33-15-12-30(24-48)36(47)23-33)26-28(2)52(27)20-8-7-9-21-59-32-16-17-34-35(22-32)42(58)53(41(34)57)37-18-19-38(54)49-40(37)56/h10-17,22-23,27-28,37,43-44H,7-9,18-21,25-26H2,1-6H3,(H,50,55)(H,49,54,56)/t27-,28+,37?,43-,44-. The number of benzene rings is 3. The van der Waals surface area contributed by atoms with E-state index in [0.717, 1.165) is 49.5 Å². The lowest BCUT2D eigenvalue weighted by atomic mass is 9.49. The Kier molecular flexibility index (Phi) is 12.0. The summed E-state index contributed by atoms with van der Waals surface area (Å²) in [6.07, 6.45) is 2.79. The predicted octanol–water partition coefficient (Wildman–Crippen LogP) is 6.37. The smallest absolute Gasteiger partial charge is 0.262 e. The Bertz CT molecular complexity index is 2210. The molecule has 1 unspecified atom stereocenters. The number of rotatable bonds is 13. The van der Waals surface area contributed by atoms with Crippen molar-refractivity contribution in [1.82, 2.24) is 20.4 Å². The number of halogens is 1. The number of hydrogen-bond acceptors (Lipinski definition) is 10. The summed E-state index contributed by atoms with van der Waals surface area (Å²) in [7, 11) is 0. The van der Waals surface area contributed by atoms with E-state index in [-0.39, 0.29) is 52.9 Å². The molecule has 2 N–H and O–H groups in total. The van der Waals surface area contributed by atoms with E-state index in [0.29, 0.717) is 46.3 Å². The first-order valence-electron chi connectivity index (χ1n) is 20.8. The van der Waals surface area contributed by atoms with Crippen LogP contribution in [0.2, 0.25) is 5.02 Å². The summed E-state index contributed by atoms with van der Waals surface area (Å²) in [5.41, 5.74) is 1.80. The highest BCUT2D eigenvalue weighted by atomic mass is 35.5. The zero-order valence-corrected chi connectivity index (χ0v) is 35.8. The fourth-order valence-corrected chi connectivity index (χ4v) is 10.2. The Morgan fingerprint density at radius 1 is 0.883 bits per heavy atom. The third kappa shape index (κ3) is 8.19. The lowest BCUT2D eigenvalue weighted by Crippen LogP contribution is -2.74. The van der Waals surface area contributed by atoms with Gasteiger partial charge in [-0.1, -0.05) is 39.3 Å². The second kappa shape index (κ2) is 16.9. The lowest BCUT2D eigenvalue weighted by Gasteiger charge is -2.63. The van der Waals surface area contributed by atoms with Gasteiger partial charge in [0.2, 0.25) is 11.8 Å². The van der Waals surface area contributed by atoms with Crippen LogP contribution >= 0.6 is 11.6 Å². The quantitative estimate of drug-likeness (QED) is 0.146. The number of piperidine rings is 1. The first-order valence-corrected chi connectivity index (χ1v) is 21.2. The number of carbonyl (C=O) groups excluding carboxylic acids is 5. The molecule has 0 radical (unpaired) electrons. The second-order valence-corrected chi connectivity index (χ2v) is 18.2. The van der Waals surface area contributed by atoms with Gasteiger partial charge < -0.3 is 19.7 Å². The molecule has 1 aliphatic carbocycles. The molecule has 5 amide bonds. The maximum atomic E-state index is 13.5. The molecule has 60 heavy (non-hydrogen) atoms. The van der Waals surface area contributed by atoms with E-state index in [1.165, 1.54) is 0 Å². The van der Waals surface area contributed by atoms with Gasteiger partial charge in [-0.15, -0.1) is 0 Å². The fourth-order valence-electron chi connectivity index (χ4n) is 9.95. The van der Waals surface area contributed by atoms with Crippen molar-refractivity contribution in [3.63, 3.8) is 0 Å². The summed E-state index contributed by atoms with van der Waals surface area (Å²) < 4.78 is 12.3. The number of hydrogen-bond donors (Lipinski definition) is 2. The van der Waals surface area contributed by atoms with E-state index in [4.69, 9.17) is 21.1 Å². The van der Waals surface area contributed by atoms with Crippen molar-refractivity contribution in [2.75, 3.05) is 31.1 Å². The highest BCUT2D eigenvalue weighted by Gasteiger charge is 2.64. The number of carbonyl (C=O) groups is 5. The predicted molar refractivity (Wildman–Crippen MR) is 226 cm³/mol. The Morgan fingerprint density at radius 2 is 1.55 bits per heavy atom. The van der Waals surface area contributed by atoms with Crippen LogP contribution in [0.4, 0.5) is 5.69 Å². The van der Waals surface area contributed by atoms with Gasteiger partial charge in [0.05, 0.1) is 28.3 Å². The molecule has 7 rings (SSSR count). The summed E-state index contributed by atoms with van der Waals surface area (Å²) in [6.45, 7) is 16.0. The van der Waals surface area contributed by atoms with Crippen LogP contribution in [0.25, 0.3) is 0 Å². The molecule has 0 aromatic heterocycles. The minimum atomic E-state index is -1.00. The van der Waals surface area contributed by atoms with E-state index in [1.54, 1.807) is 36.4 Å². The number of ether oxygens (including phenoxy) is 2. The van der Waals surface area contributed by atoms with Crippen LogP contribution in [-0.4, -0.2) is 95.8 Å². The number of nitriles is 1. The number of unbranched alkanes of at least 4 members (excludes halogenated alkanes) is 2. The van der Waals surface area contributed by atoms with Crippen molar-refractivity contribution < 1.29 is 33.4 Å². The summed E-state index contributed by atoms with van der Waals surface area (Å²) in [5.74, 6) is -1.17. The Balaban J connectivity index is 0.841. The maximum absolute atomic E-state index is 13.5. The van der Waals surface area contributed by atoms with Crippen LogP contribution in [0.1, 0.15) is 110 Å². The van der Waals surface area contributed by atoms with Gasteiger partial charge in [-0.25, -0.2) is 0 Å². The van der Waals surface area contributed by atoms with Gasteiger partial charge in [0.15, 0.2) is 0 Å². The molecular formula is C46H53ClN6O7. The highest BCUT2D eigenvalue weighted by Crippen LogP contribution is 2.55. The van der Waals surface area contributed by atoms with Crippen molar-refractivity contribution in [3.05, 3.63) is 87.9 Å². The molecule has 2 saturated heterocycles. The molecule has 0 spiro atoms. The molecule has 3 fully saturated rings. The number of fused-ring (bicyclic) bond motifs is 1. The summed E-state index contributed by atoms with van der Waals surface area (Å²) >= 11 is 6.25. The highest BCUT2D eigenvalue weighted by molar-refractivity contribution is 6.31. The first-order chi connectivity index (χ1) is 28.5. The van der Waals surface area contributed by atoms with Crippen LogP contribution in [0.3, 0.4) is 0 Å². The van der Waals surface area contributed by atoms with Crippen LogP contribution in [0.5, 0.6) is 11.5 Å². The van der Waals surface area contributed by atoms with Crippen LogP contribution < -0.4 is 25.0 Å². The second-order valence-electron chi connectivity index (χ2n) is 17.8. The Hall–Kier alpha value is -5.45. The molecule has 316 valence electrons. The molecule has 3 aliphatic heterocycles. The summed E-state index contributed by atoms with van der Waals surface area (Å²) in [5, 5.41) is 15.1. The number of amides is 5. The monoisotopic (exact) mass is 836 g/mol. The lowest BCUT2D eigenvalue weighted by molar-refractivity contribution is -0.164. The molecule has 3 aromatic carbocycles. The van der Waals surface area contributed by atoms with Crippen LogP contribution in [0.15, 0.2) is 60.7 Å². The molecule has 14 heteroatoms. The zero-order valence-electron chi connectivity index (χ0n) is 35.0. The van der Waals surface area contributed by atoms with E-state index in [2.05, 4.69) is 68.0 Å². The van der Waals surface area contributed by atoms with Gasteiger partial charge in [0, 0.05) is 65.8 Å². The average molecular weight is 837 g/mol. The summed E-state index contributed by atoms with van der Waals surface area (Å²) in [6, 6.07) is 19.3. The molecule has 0 bridgehead atoms. The number of imide groups is 2. The normalized spacial score (nSPS) is 24.6. The van der Waals surface area contributed by atoms with E-state index in [1.807, 2.05) is 24.3 Å². The van der Waals surface area contributed by atoms with Crippen molar-refractivity contribution in [2.45, 2.75) is 104 Å². The maximum Gasteiger partial charge on any atom is 0.262 e. The number of nitrogens with one attached hydrogen (secondary N) is 2. The van der Waals surface area contributed by atoms with Gasteiger partial charge in [0.1, 0.15) is 29.7 Å². The molecule has 3 atom stereocenters. The van der Waals surface area contributed by atoms with E-state index >= 15 is 0 Å². The van der Waals surface area contributed by atoms with Crippen molar-refractivity contribution in [1.29, 1.82) is 5.26 Å². The third-order valence-electron chi connectivity index (χ3n) is 12.8. The number of anilines is 1. The molecule has 13 nitrogen and oxygen atoms in total. The number of piperazine rings is 1. The van der Waals surface area contributed by atoms with E-state index in [9.17, 15) is 29.2 Å². The van der Waals surface area contributed by atoms with Crippen molar-refractivity contribution >= 4 is 46.8 Å². The Labute approximate surface area is 356 Å². The molecule has 1 saturated carbocycles. The van der Waals surface area contributed by atoms with Crippen LogP contribution in [0, 0.1) is 22.2 Å². The zero-order chi connectivity index (χ0) is 43.1. The summed E-state index contributed by atoms with van der Waals surface area (Å²) in [4.78, 5) is 69.5. The minimum absolute atomic E-state index is 0.0726. The molecule has 3 aromatic rings. The van der Waals surface area contributed by atoms with Crippen molar-refractivity contribution in [3.8, 4) is 17.6 Å². The van der Waals surface area contributed by atoms with Crippen LogP contribution in [-0.2, 0) is 9.59 Å². The van der Waals surface area contributed by atoms with Gasteiger partial charge in [-0.3, -0.25) is 39.1 Å². The first kappa shape index (κ1) is 42.7. The molecule has 4 aliphatic rings. The van der Waals surface area contributed by atoms with Crippen molar-refractivity contribution in [2.24, 2.45) is 10.8 Å². The fraction of sp³-hybridized carbons (Fsp3) is 0.478.